The number of hydrogen-bond acceptors (Lipinski definition) is 2. The fourth-order valence-corrected chi connectivity index (χ4v) is 2.97. The molecular weight excluding hydrogens is 238 g/mol. The van der Waals surface area contributed by atoms with Gasteiger partial charge in [-0.2, -0.15) is 0 Å². The maximum Gasteiger partial charge on any atom is 0.409 e. The summed E-state index contributed by atoms with van der Waals surface area (Å²) in [7, 11) is 0. The third-order valence-electron chi connectivity index (χ3n) is 3.54. The molecule has 3 rings (SSSR count). The van der Waals surface area contributed by atoms with E-state index in [-0.39, 0.29) is 0 Å². The van der Waals surface area contributed by atoms with Crippen LogP contribution in [-0.2, 0) is 12.8 Å². The SMILES string of the molecule is NC(=O)Oc1c(C2CC2)cc(Cl)c2c1CCC2. The standard InChI is InChI=1S/C13H14ClNO2/c14-11-6-10(7-4-5-7)12(17-13(15)16)9-3-1-2-8(9)11/h6-7H,1-5H2,(H2,15,16). The molecule has 1 saturated carbocycles. The van der Waals surface area contributed by atoms with E-state index in [1.54, 1.807) is 0 Å². The fourth-order valence-electron chi connectivity index (χ4n) is 2.64. The summed E-state index contributed by atoms with van der Waals surface area (Å²) in [5, 5.41) is 0.816. The van der Waals surface area contributed by atoms with Crippen molar-refractivity contribution >= 4 is 17.7 Å². The lowest BCUT2D eigenvalue weighted by molar-refractivity contribution is 0.210. The maximum absolute atomic E-state index is 11.0. The lowest BCUT2D eigenvalue weighted by atomic mass is 10.0. The van der Waals surface area contributed by atoms with E-state index >= 15 is 0 Å². The van der Waals surface area contributed by atoms with Crippen LogP contribution in [0.4, 0.5) is 4.79 Å². The van der Waals surface area contributed by atoms with E-state index in [1.807, 2.05) is 6.07 Å². The van der Waals surface area contributed by atoms with Crippen molar-refractivity contribution in [2.75, 3.05) is 0 Å². The molecule has 1 amide bonds. The first-order valence-corrected chi connectivity index (χ1v) is 6.36. The number of halogens is 1. The Morgan fingerprint density at radius 3 is 2.71 bits per heavy atom. The number of nitrogens with two attached hydrogens (primary N) is 1. The van der Waals surface area contributed by atoms with Gasteiger partial charge in [0.2, 0.25) is 0 Å². The van der Waals surface area contributed by atoms with Crippen LogP contribution < -0.4 is 10.5 Å². The quantitative estimate of drug-likeness (QED) is 0.878. The second kappa shape index (κ2) is 3.91. The second-order valence-corrected chi connectivity index (χ2v) is 5.19. The van der Waals surface area contributed by atoms with Gasteiger partial charge in [-0.05, 0) is 60.8 Å². The molecule has 0 aliphatic heterocycles. The number of primary amides is 1. The number of carbonyl (C=O) groups is 1. The Hall–Kier alpha value is -1.22. The molecule has 1 aromatic rings. The summed E-state index contributed by atoms with van der Waals surface area (Å²) in [6.45, 7) is 0. The van der Waals surface area contributed by atoms with Crippen LogP contribution in [0.2, 0.25) is 5.02 Å². The van der Waals surface area contributed by atoms with Gasteiger partial charge in [-0.25, -0.2) is 4.79 Å². The minimum absolute atomic E-state index is 0.493. The van der Waals surface area contributed by atoms with E-state index < -0.39 is 6.09 Å². The van der Waals surface area contributed by atoms with Crippen molar-refractivity contribution < 1.29 is 9.53 Å². The van der Waals surface area contributed by atoms with Crippen molar-refractivity contribution in [3.63, 3.8) is 0 Å². The van der Waals surface area contributed by atoms with Crippen molar-refractivity contribution in [1.29, 1.82) is 0 Å². The second-order valence-electron chi connectivity index (χ2n) is 4.78. The minimum Gasteiger partial charge on any atom is -0.410 e. The van der Waals surface area contributed by atoms with Gasteiger partial charge in [0, 0.05) is 5.02 Å². The molecule has 2 N–H and O–H groups in total. The van der Waals surface area contributed by atoms with Crippen LogP contribution in [0.15, 0.2) is 6.07 Å². The topological polar surface area (TPSA) is 52.3 Å². The highest BCUT2D eigenvalue weighted by Crippen LogP contribution is 2.49. The average Bonchev–Trinajstić information content (AvgIpc) is 2.98. The molecule has 0 aromatic heterocycles. The van der Waals surface area contributed by atoms with Crippen LogP contribution >= 0.6 is 11.6 Å². The number of hydrogen-bond donors (Lipinski definition) is 1. The molecule has 1 fully saturated rings. The van der Waals surface area contributed by atoms with Crippen LogP contribution in [0.25, 0.3) is 0 Å². The molecule has 0 heterocycles. The number of amides is 1. The van der Waals surface area contributed by atoms with Gasteiger partial charge in [0.1, 0.15) is 5.75 Å². The van der Waals surface area contributed by atoms with Crippen LogP contribution in [-0.4, -0.2) is 6.09 Å². The molecule has 17 heavy (non-hydrogen) atoms. The summed E-state index contributed by atoms with van der Waals surface area (Å²) in [5.41, 5.74) is 8.44. The normalized spacial score (nSPS) is 17.9. The van der Waals surface area contributed by atoms with Crippen LogP contribution in [0.3, 0.4) is 0 Å². The number of carbonyl (C=O) groups excluding carboxylic acids is 1. The Bertz CT molecular complexity index is 495. The monoisotopic (exact) mass is 251 g/mol. The molecule has 2 aliphatic rings. The van der Waals surface area contributed by atoms with E-state index in [0.717, 1.165) is 53.8 Å². The molecule has 0 saturated heterocycles. The number of benzene rings is 1. The third-order valence-corrected chi connectivity index (χ3v) is 3.88. The molecule has 0 atom stereocenters. The molecule has 4 heteroatoms. The van der Waals surface area contributed by atoms with E-state index in [4.69, 9.17) is 22.1 Å². The molecule has 2 aliphatic carbocycles. The Morgan fingerprint density at radius 1 is 1.35 bits per heavy atom. The van der Waals surface area contributed by atoms with Gasteiger partial charge < -0.3 is 10.5 Å². The Kier molecular flexibility index (Phi) is 2.51. The molecule has 1 aromatic carbocycles. The zero-order valence-corrected chi connectivity index (χ0v) is 10.2. The van der Waals surface area contributed by atoms with E-state index in [2.05, 4.69) is 0 Å². The largest absolute Gasteiger partial charge is 0.410 e. The smallest absolute Gasteiger partial charge is 0.409 e. The molecule has 0 radical (unpaired) electrons. The Balaban J connectivity index is 2.14. The van der Waals surface area contributed by atoms with Gasteiger partial charge in [0.15, 0.2) is 0 Å². The Morgan fingerprint density at radius 2 is 2.06 bits per heavy atom. The van der Waals surface area contributed by atoms with Crippen molar-refractivity contribution in [1.82, 2.24) is 0 Å². The lowest BCUT2D eigenvalue weighted by Gasteiger charge is -2.14. The first-order valence-electron chi connectivity index (χ1n) is 5.98. The van der Waals surface area contributed by atoms with Crippen molar-refractivity contribution in [3.8, 4) is 5.75 Å². The van der Waals surface area contributed by atoms with Gasteiger partial charge in [0.25, 0.3) is 0 Å². The summed E-state index contributed by atoms with van der Waals surface area (Å²) in [6.07, 6.45) is 4.52. The van der Waals surface area contributed by atoms with E-state index in [9.17, 15) is 4.79 Å². The van der Waals surface area contributed by atoms with Gasteiger partial charge in [0.05, 0.1) is 0 Å². The van der Waals surface area contributed by atoms with Crippen molar-refractivity contribution in [2.24, 2.45) is 5.73 Å². The summed E-state index contributed by atoms with van der Waals surface area (Å²) in [4.78, 5) is 11.0. The minimum atomic E-state index is -0.733. The van der Waals surface area contributed by atoms with Gasteiger partial charge >= 0.3 is 6.09 Å². The van der Waals surface area contributed by atoms with Gasteiger partial charge in [-0.3, -0.25) is 0 Å². The summed E-state index contributed by atoms with van der Waals surface area (Å²) in [6, 6.07) is 1.96. The highest BCUT2D eigenvalue weighted by atomic mass is 35.5. The number of ether oxygens (including phenoxy) is 1. The van der Waals surface area contributed by atoms with Gasteiger partial charge in [-0.1, -0.05) is 11.6 Å². The summed E-state index contributed by atoms with van der Waals surface area (Å²) < 4.78 is 5.22. The maximum atomic E-state index is 11.0. The Labute approximate surface area is 105 Å². The van der Waals surface area contributed by atoms with Crippen molar-refractivity contribution in [2.45, 2.75) is 38.0 Å². The summed E-state index contributed by atoms with van der Waals surface area (Å²) in [5.74, 6) is 1.18. The molecule has 3 nitrogen and oxygen atoms in total. The highest BCUT2D eigenvalue weighted by molar-refractivity contribution is 6.31. The first kappa shape index (κ1) is 10.9. The van der Waals surface area contributed by atoms with Crippen LogP contribution in [0.1, 0.15) is 41.9 Å². The van der Waals surface area contributed by atoms with Crippen LogP contribution in [0.5, 0.6) is 5.75 Å². The number of fused-ring (bicyclic) bond motifs is 1. The zero-order valence-electron chi connectivity index (χ0n) is 9.46. The lowest BCUT2D eigenvalue weighted by Crippen LogP contribution is -2.18. The first-order chi connectivity index (χ1) is 8.16. The third kappa shape index (κ3) is 1.89. The van der Waals surface area contributed by atoms with E-state index in [1.165, 1.54) is 0 Å². The highest BCUT2D eigenvalue weighted by Gasteiger charge is 2.32. The summed E-state index contributed by atoms with van der Waals surface area (Å²) >= 11 is 6.28. The zero-order chi connectivity index (χ0) is 12.0. The van der Waals surface area contributed by atoms with E-state index in [0.29, 0.717) is 11.7 Å². The molecular formula is C13H14ClNO2. The van der Waals surface area contributed by atoms with Crippen LogP contribution in [0, 0.1) is 0 Å². The van der Waals surface area contributed by atoms with Crippen molar-refractivity contribution in [3.05, 3.63) is 27.8 Å². The predicted octanol–water partition coefficient (Wildman–Crippen LogP) is 3.16. The molecule has 0 unspecified atom stereocenters. The van der Waals surface area contributed by atoms with Gasteiger partial charge in [-0.15, -0.1) is 0 Å². The fraction of sp³-hybridized carbons (Fsp3) is 0.462. The molecule has 0 spiro atoms. The molecule has 90 valence electrons. The molecule has 0 bridgehead atoms. The number of rotatable bonds is 2. The predicted molar refractivity (Wildman–Crippen MR) is 65.7 cm³/mol. The average molecular weight is 252 g/mol.